The summed E-state index contributed by atoms with van der Waals surface area (Å²) in [7, 11) is 4.87. The van der Waals surface area contributed by atoms with Crippen LogP contribution in [0.3, 0.4) is 0 Å². The van der Waals surface area contributed by atoms with E-state index in [1.165, 1.54) is 12.7 Å². The van der Waals surface area contributed by atoms with E-state index in [0.717, 1.165) is 0 Å². The van der Waals surface area contributed by atoms with Crippen LogP contribution in [-0.2, 0) is 0 Å². The number of hydrogen-bond acceptors (Lipinski definition) is 1. The molecule has 1 nitrogen and oxygen atoms in total. The van der Waals surface area contributed by atoms with Crippen molar-refractivity contribution in [2.24, 2.45) is 0 Å². The van der Waals surface area contributed by atoms with Gasteiger partial charge < -0.3 is 4.90 Å². The third-order valence-electron chi connectivity index (χ3n) is 1.36. The zero-order valence-corrected chi connectivity index (χ0v) is 7.17. The van der Waals surface area contributed by atoms with Crippen molar-refractivity contribution in [1.29, 1.82) is 0 Å². The van der Waals surface area contributed by atoms with Gasteiger partial charge in [-0.3, -0.25) is 0 Å². The van der Waals surface area contributed by atoms with Gasteiger partial charge in [-0.15, -0.1) is 9.24 Å². The summed E-state index contributed by atoms with van der Waals surface area (Å²) in [6.07, 6.45) is 1.18. The summed E-state index contributed by atoms with van der Waals surface area (Å²) in [6.45, 7) is 5.60. The molecular formula is C6H16NP. The Morgan fingerprint density at radius 2 is 2.00 bits per heavy atom. The van der Waals surface area contributed by atoms with Gasteiger partial charge in [-0.1, -0.05) is 0 Å². The first-order valence-corrected chi connectivity index (χ1v) is 3.90. The van der Waals surface area contributed by atoms with Gasteiger partial charge in [0, 0.05) is 12.6 Å². The molecule has 1 unspecified atom stereocenters. The molecule has 0 aliphatic rings. The van der Waals surface area contributed by atoms with Crippen LogP contribution in [0.15, 0.2) is 0 Å². The minimum absolute atomic E-state index is 0.690. The lowest BCUT2D eigenvalue weighted by Gasteiger charge is -2.19. The van der Waals surface area contributed by atoms with Gasteiger partial charge in [0.05, 0.1) is 0 Å². The first-order chi connectivity index (χ1) is 3.68. The van der Waals surface area contributed by atoms with Crippen molar-refractivity contribution in [3.05, 3.63) is 0 Å². The van der Waals surface area contributed by atoms with E-state index in [0.29, 0.717) is 6.04 Å². The van der Waals surface area contributed by atoms with Crippen LogP contribution in [-0.4, -0.2) is 30.7 Å². The summed E-state index contributed by atoms with van der Waals surface area (Å²) in [5, 5.41) is 0. The minimum Gasteiger partial charge on any atom is -0.304 e. The Labute approximate surface area is 54.7 Å². The molecule has 0 saturated heterocycles. The monoisotopic (exact) mass is 133 g/mol. The highest BCUT2D eigenvalue weighted by molar-refractivity contribution is 7.16. The Kier molecular flexibility index (Phi) is 4.50. The lowest BCUT2D eigenvalue weighted by molar-refractivity contribution is 0.291. The van der Waals surface area contributed by atoms with Crippen molar-refractivity contribution in [3.8, 4) is 0 Å². The molecule has 1 atom stereocenters. The van der Waals surface area contributed by atoms with Crippen molar-refractivity contribution in [1.82, 2.24) is 4.90 Å². The van der Waals surface area contributed by atoms with Gasteiger partial charge in [-0.2, -0.15) is 0 Å². The average Bonchev–Trinajstić information content (AvgIpc) is 1.67. The molecule has 0 rings (SSSR count). The van der Waals surface area contributed by atoms with Gasteiger partial charge in [0.25, 0.3) is 0 Å². The highest BCUT2D eigenvalue weighted by Gasteiger charge is 1.98. The lowest BCUT2D eigenvalue weighted by atomic mass is 10.3. The van der Waals surface area contributed by atoms with Crippen LogP contribution in [0.2, 0.25) is 0 Å². The maximum Gasteiger partial charge on any atom is 0.00356 e. The van der Waals surface area contributed by atoms with Crippen LogP contribution in [0.4, 0.5) is 0 Å². The zero-order valence-electron chi connectivity index (χ0n) is 6.02. The van der Waals surface area contributed by atoms with E-state index in [1.807, 2.05) is 0 Å². The van der Waals surface area contributed by atoms with Crippen LogP contribution in [0.25, 0.3) is 0 Å². The van der Waals surface area contributed by atoms with Crippen molar-refractivity contribution in [2.75, 3.05) is 19.8 Å². The summed E-state index contributed by atoms with van der Waals surface area (Å²) < 4.78 is 0. The SMILES string of the molecule is CC(C)N(C)CCP. The van der Waals surface area contributed by atoms with Gasteiger partial charge in [0.2, 0.25) is 0 Å². The van der Waals surface area contributed by atoms with Crippen molar-refractivity contribution in [2.45, 2.75) is 19.9 Å². The van der Waals surface area contributed by atoms with E-state index >= 15 is 0 Å². The normalized spacial score (nSPS) is 11.2. The largest absolute Gasteiger partial charge is 0.304 e. The van der Waals surface area contributed by atoms with Gasteiger partial charge in [-0.25, -0.2) is 0 Å². The van der Waals surface area contributed by atoms with E-state index < -0.39 is 0 Å². The van der Waals surface area contributed by atoms with E-state index in [9.17, 15) is 0 Å². The Balaban J connectivity index is 3.17. The third-order valence-corrected chi connectivity index (χ3v) is 1.62. The summed E-state index contributed by atoms with van der Waals surface area (Å²) in [5.74, 6) is 0. The maximum absolute atomic E-state index is 2.73. The maximum atomic E-state index is 2.73. The summed E-state index contributed by atoms with van der Waals surface area (Å²) in [4.78, 5) is 2.33. The van der Waals surface area contributed by atoms with E-state index in [1.54, 1.807) is 0 Å². The molecule has 0 spiro atoms. The van der Waals surface area contributed by atoms with E-state index in [-0.39, 0.29) is 0 Å². The van der Waals surface area contributed by atoms with Crippen LogP contribution in [0.5, 0.6) is 0 Å². The molecule has 0 saturated carbocycles. The molecule has 0 heterocycles. The second-order valence-corrected chi connectivity index (χ2v) is 2.94. The van der Waals surface area contributed by atoms with Gasteiger partial charge in [0.15, 0.2) is 0 Å². The van der Waals surface area contributed by atoms with Gasteiger partial charge in [-0.05, 0) is 27.1 Å². The van der Waals surface area contributed by atoms with Crippen molar-refractivity contribution >= 4 is 9.24 Å². The fourth-order valence-electron chi connectivity index (χ4n) is 0.462. The fourth-order valence-corrected chi connectivity index (χ4v) is 0.869. The zero-order chi connectivity index (χ0) is 6.57. The number of nitrogens with zero attached hydrogens (tertiary/aromatic N) is 1. The Morgan fingerprint density at radius 3 is 2.12 bits per heavy atom. The molecule has 2 heteroatoms. The highest BCUT2D eigenvalue weighted by atomic mass is 31.0. The molecule has 0 fully saturated rings. The summed E-state index contributed by atoms with van der Waals surface area (Å²) in [6, 6.07) is 0.690. The molecule has 0 aromatic rings. The second-order valence-electron chi connectivity index (χ2n) is 2.36. The topological polar surface area (TPSA) is 3.24 Å². The standard InChI is InChI=1S/C6H16NP/c1-6(2)7(3)4-5-8/h6H,4-5,8H2,1-3H3. The molecule has 8 heavy (non-hydrogen) atoms. The first kappa shape index (κ1) is 8.39. The fraction of sp³-hybridized carbons (Fsp3) is 1.00. The van der Waals surface area contributed by atoms with E-state index in [4.69, 9.17) is 0 Å². The first-order valence-electron chi connectivity index (χ1n) is 3.08. The molecule has 0 N–H and O–H groups in total. The van der Waals surface area contributed by atoms with Crippen molar-refractivity contribution in [3.63, 3.8) is 0 Å². The Hall–Kier alpha value is 0.390. The molecule has 0 radical (unpaired) electrons. The molecule has 50 valence electrons. The summed E-state index contributed by atoms with van der Waals surface area (Å²) in [5.41, 5.74) is 0. The predicted molar refractivity (Wildman–Crippen MR) is 42.3 cm³/mol. The quantitative estimate of drug-likeness (QED) is 0.523. The molecule has 0 aliphatic heterocycles. The molecule has 0 aromatic carbocycles. The Bertz CT molecular complexity index is 54.5. The lowest BCUT2D eigenvalue weighted by Crippen LogP contribution is -2.27. The van der Waals surface area contributed by atoms with Crippen LogP contribution < -0.4 is 0 Å². The van der Waals surface area contributed by atoms with Gasteiger partial charge in [0.1, 0.15) is 0 Å². The van der Waals surface area contributed by atoms with Crippen LogP contribution in [0.1, 0.15) is 13.8 Å². The molecule has 0 bridgehead atoms. The third kappa shape index (κ3) is 3.40. The molecule has 0 amide bonds. The smallest absolute Gasteiger partial charge is 0.00356 e. The highest BCUT2D eigenvalue weighted by Crippen LogP contribution is 1.93. The predicted octanol–water partition coefficient (Wildman–Crippen LogP) is 1.20. The number of hydrogen-bond donors (Lipinski definition) is 0. The van der Waals surface area contributed by atoms with E-state index in [2.05, 4.69) is 35.0 Å². The molecule has 0 aromatic heterocycles. The van der Waals surface area contributed by atoms with Crippen LogP contribution in [0, 0.1) is 0 Å². The Morgan fingerprint density at radius 1 is 1.50 bits per heavy atom. The van der Waals surface area contributed by atoms with Crippen molar-refractivity contribution < 1.29 is 0 Å². The minimum atomic E-state index is 0.690. The van der Waals surface area contributed by atoms with Crippen LogP contribution >= 0.6 is 9.24 Å². The molecular weight excluding hydrogens is 117 g/mol. The average molecular weight is 133 g/mol. The van der Waals surface area contributed by atoms with Gasteiger partial charge >= 0.3 is 0 Å². The molecule has 0 aliphatic carbocycles. The summed E-state index contributed by atoms with van der Waals surface area (Å²) >= 11 is 0. The second kappa shape index (κ2) is 4.29. The number of rotatable bonds is 3.